The molecule has 1 aliphatic carbocycles. The molecule has 1 amide bonds. The van der Waals surface area contributed by atoms with E-state index in [2.05, 4.69) is 48.5 Å². The van der Waals surface area contributed by atoms with E-state index in [1.165, 1.54) is 11.1 Å². The second-order valence-electron chi connectivity index (χ2n) is 14.5. The Morgan fingerprint density at radius 3 is 2.08 bits per heavy atom. The molecule has 0 saturated carbocycles. The van der Waals surface area contributed by atoms with E-state index in [0.29, 0.717) is 26.1 Å². The van der Waals surface area contributed by atoms with Crippen LogP contribution in [0.2, 0.25) is 0 Å². The van der Waals surface area contributed by atoms with E-state index < -0.39 is 5.92 Å². The Labute approximate surface area is 302 Å². The molecule has 6 heteroatoms. The number of nitrogens with zero attached hydrogens (tertiary/aromatic N) is 1. The van der Waals surface area contributed by atoms with Crippen molar-refractivity contribution >= 4 is 22.6 Å². The summed E-state index contributed by atoms with van der Waals surface area (Å²) in [5.41, 5.74) is 6.33. The van der Waals surface area contributed by atoms with E-state index >= 15 is 0 Å². The van der Waals surface area contributed by atoms with Gasteiger partial charge in [-0.05, 0) is 97.3 Å². The lowest BCUT2D eigenvalue weighted by Gasteiger charge is -2.30. The SMILES string of the molecule is CCOC(C)CN(Cc1cccc2ccccc12)C(=O)[C@@H](CC(=O)OCC1c2ccccc2-c2ccccc21)Cc1ccc(OC(C)(C)C)cc1. The molecule has 0 aromatic heterocycles. The van der Waals surface area contributed by atoms with Crippen molar-refractivity contribution in [2.75, 3.05) is 19.8 Å². The number of hydrogen-bond donors (Lipinski definition) is 0. The molecule has 1 aliphatic rings. The van der Waals surface area contributed by atoms with E-state index in [4.69, 9.17) is 14.2 Å². The molecule has 2 atom stereocenters. The minimum Gasteiger partial charge on any atom is -0.488 e. The summed E-state index contributed by atoms with van der Waals surface area (Å²) in [5, 5.41) is 2.22. The predicted molar refractivity (Wildman–Crippen MR) is 204 cm³/mol. The molecular formula is C45H49NO5. The van der Waals surface area contributed by atoms with Gasteiger partial charge in [-0.25, -0.2) is 0 Å². The zero-order valence-electron chi connectivity index (χ0n) is 30.4. The normalized spacial score (nSPS) is 13.7. The summed E-state index contributed by atoms with van der Waals surface area (Å²) in [5.74, 6) is -0.419. The highest BCUT2D eigenvalue weighted by Gasteiger charge is 2.32. The van der Waals surface area contributed by atoms with Gasteiger partial charge in [0.25, 0.3) is 0 Å². The number of rotatable bonds is 14. The van der Waals surface area contributed by atoms with Crippen LogP contribution in [0.1, 0.15) is 69.2 Å². The second kappa shape index (κ2) is 15.9. The zero-order valence-corrected chi connectivity index (χ0v) is 30.4. The maximum absolute atomic E-state index is 14.7. The quantitative estimate of drug-likeness (QED) is 0.109. The van der Waals surface area contributed by atoms with Crippen molar-refractivity contribution in [2.24, 2.45) is 5.92 Å². The number of carbonyl (C=O) groups excluding carboxylic acids is 2. The first-order valence-electron chi connectivity index (χ1n) is 18.1. The number of amides is 1. The molecular weight excluding hydrogens is 634 g/mol. The first-order valence-corrected chi connectivity index (χ1v) is 18.1. The van der Waals surface area contributed by atoms with E-state index in [1.807, 2.05) is 106 Å². The minimum absolute atomic E-state index is 0.0376. The van der Waals surface area contributed by atoms with E-state index in [9.17, 15) is 9.59 Å². The molecule has 51 heavy (non-hydrogen) atoms. The highest BCUT2D eigenvalue weighted by atomic mass is 16.5. The Morgan fingerprint density at radius 2 is 1.41 bits per heavy atom. The van der Waals surface area contributed by atoms with Crippen molar-refractivity contribution in [2.45, 2.75) is 71.6 Å². The summed E-state index contributed by atoms with van der Waals surface area (Å²) in [4.78, 5) is 30.4. The van der Waals surface area contributed by atoms with Crippen molar-refractivity contribution in [1.82, 2.24) is 4.90 Å². The highest BCUT2D eigenvalue weighted by Crippen LogP contribution is 2.44. The van der Waals surface area contributed by atoms with Crippen LogP contribution in [0.25, 0.3) is 21.9 Å². The van der Waals surface area contributed by atoms with Crippen LogP contribution in [0.3, 0.4) is 0 Å². The average Bonchev–Trinajstić information content (AvgIpc) is 3.44. The van der Waals surface area contributed by atoms with Crippen LogP contribution in [-0.4, -0.2) is 48.2 Å². The van der Waals surface area contributed by atoms with Gasteiger partial charge in [-0.15, -0.1) is 0 Å². The summed E-state index contributed by atoms with van der Waals surface area (Å²) >= 11 is 0. The fourth-order valence-electron chi connectivity index (χ4n) is 7.23. The second-order valence-corrected chi connectivity index (χ2v) is 14.5. The Kier molecular flexibility index (Phi) is 11.2. The molecule has 0 aliphatic heterocycles. The van der Waals surface area contributed by atoms with Crippen LogP contribution in [0.4, 0.5) is 0 Å². The molecule has 5 aromatic rings. The van der Waals surface area contributed by atoms with Crippen molar-refractivity contribution in [3.8, 4) is 16.9 Å². The van der Waals surface area contributed by atoms with Gasteiger partial charge in [-0.2, -0.15) is 0 Å². The number of ether oxygens (including phenoxy) is 3. The number of carbonyl (C=O) groups is 2. The molecule has 0 fully saturated rings. The summed E-state index contributed by atoms with van der Waals surface area (Å²) in [6.07, 6.45) is 0.163. The Morgan fingerprint density at radius 1 is 0.784 bits per heavy atom. The predicted octanol–water partition coefficient (Wildman–Crippen LogP) is 9.38. The standard InChI is InChI=1S/C45H49NO5/c1-6-49-31(2)28-46(29-34-16-13-15-33-14-7-8-17-37(33)34)44(48)35(26-32-22-24-36(25-23-32)51-45(3,4)5)27-43(47)50-30-42-40-20-11-9-18-38(40)39-19-10-12-21-41(39)42/h7-25,31,35,42H,6,26-30H2,1-5H3/t31?,35-/m1/s1. The van der Waals surface area contributed by atoms with Gasteiger partial charge in [0, 0.05) is 25.6 Å². The molecule has 0 spiro atoms. The largest absolute Gasteiger partial charge is 0.488 e. The fraction of sp³-hybridized carbons (Fsp3) is 0.333. The summed E-state index contributed by atoms with van der Waals surface area (Å²) in [6.45, 7) is 11.5. The number of esters is 1. The molecule has 6 rings (SSSR count). The van der Waals surface area contributed by atoms with Gasteiger partial charge in [0.2, 0.25) is 5.91 Å². The number of fused-ring (bicyclic) bond motifs is 4. The highest BCUT2D eigenvalue weighted by molar-refractivity contribution is 5.87. The van der Waals surface area contributed by atoms with E-state index in [0.717, 1.165) is 38.8 Å². The lowest BCUT2D eigenvalue weighted by atomic mass is 9.93. The van der Waals surface area contributed by atoms with Crippen molar-refractivity contribution in [3.63, 3.8) is 0 Å². The lowest BCUT2D eigenvalue weighted by Crippen LogP contribution is -2.42. The maximum Gasteiger partial charge on any atom is 0.306 e. The van der Waals surface area contributed by atoms with E-state index in [-0.39, 0.29) is 42.5 Å². The van der Waals surface area contributed by atoms with Crippen LogP contribution < -0.4 is 4.74 Å². The van der Waals surface area contributed by atoms with Gasteiger partial charge in [0.05, 0.1) is 18.4 Å². The van der Waals surface area contributed by atoms with Crippen molar-refractivity contribution in [1.29, 1.82) is 0 Å². The van der Waals surface area contributed by atoms with Crippen molar-refractivity contribution in [3.05, 3.63) is 138 Å². The van der Waals surface area contributed by atoms with E-state index in [1.54, 1.807) is 0 Å². The van der Waals surface area contributed by atoms with Gasteiger partial charge in [0.15, 0.2) is 0 Å². The number of benzene rings is 5. The third-order valence-corrected chi connectivity index (χ3v) is 9.45. The monoisotopic (exact) mass is 683 g/mol. The Bertz CT molecular complexity index is 1910. The van der Waals surface area contributed by atoms with Crippen LogP contribution in [-0.2, 0) is 32.0 Å². The third kappa shape index (κ3) is 8.87. The topological polar surface area (TPSA) is 65.1 Å². The summed E-state index contributed by atoms with van der Waals surface area (Å²) in [7, 11) is 0. The molecule has 0 heterocycles. The van der Waals surface area contributed by atoms with Gasteiger partial charge in [0.1, 0.15) is 18.0 Å². The lowest BCUT2D eigenvalue weighted by molar-refractivity contribution is -0.150. The first-order chi connectivity index (χ1) is 24.6. The number of hydrogen-bond acceptors (Lipinski definition) is 5. The van der Waals surface area contributed by atoms with Gasteiger partial charge >= 0.3 is 5.97 Å². The molecule has 0 radical (unpaired) electrons. The fourth-order valence-corrected chi connectivity index (χ4v) is 7.23. The molecule has 5 aromatic carbocycles. The van der Waals surface area contributed by atoms with Crippen LogP contribution in [0, 0.1) is 5.92 Å². The maximum atomic E-state index is 14.7. The van der Waals surface area contributed by atoms with Gasteiger partial charge in [-0.3, -0.25) is 9.59 Å². The minimum atomic E-state index is -0.640. The van der Waals surface area contributed by atoms with Crippen LogP contribution >= 0.6 is 0 Å². The van der Waals surface area contributed by atoms with Crippen LogP contribution in [0.5, 0.6) is 5.75 Å². The van der Waals surface area contributed by atoms with Crippen LogP contribution in [0.15, 0.2) is 115 Å². The Balaban J connectivity index is 1.26. The third-order valence-electron chi connectivity index (χ3n) is 9.45. The zero-order chi connectivity index (χ0) is 36.0. The average molecular weight is 684 g/mol. The smallest absolute Gasteiger partial charge is 0.306 e. The summed E-state index contributed by atoms with van der Waals surface area (Å²) in [6, 6.07) is 38.8. The first kappa shape index (κ1) is 35.9. The van der Waals surface area contributed by atoms with Gasteiger partial charge < -0.3 is 19.1 Å². The molecule has 0 bridgehead atoms. The van der Waals surface area contributed by atoms with Crippen molar-refractivity contribution < 1.29 is 23.8 Å². The Hall–Kier alpha value is -4.94. The summed E-state index contributed by atoms with van der Waals surface area (Å²) < 4.78 is 18.0. The molecule has 0 saturated heterocycles. The molecule has 6 nitrogen and oxygen atoms in total. The molecule has 0 N–H and O–H groups in total. The molecule has 264 valence electrons. The van der Waals surface area contributed by atoms with Gasteiger partial charge in [-0.1, -0.05) is 103 Å². The molecule has 1 unspecified atom stereocenters.